The summed E-state index contributed by atoms with van der Waals surface area (Å²) in [6.45, 7) is 5.01. The third-order valence-corrected chi connectivity index (χ3v) is 5.90. The average molecular weight is 403 g/mol. The number of rotatable bonds is 5. The quantitative estimate of drug-likeness (QED) is 0.680. The summed E-state index contributed by atoms with van der Waals surface area (Å²) in [4.78, 5) is 11.7. The summed E-state index contributed by atoms with van der Waals surface area (Å²) in [6, 6.07) is 10.6. The number of hydrogen-bond donors (Lipinski definition) is 2. The van der Waals surface area contributed by atoms with Crippen LogP contribution in [0, 0.1) is 6.92 Å². The standard InChI is InChI=1S/C23H26N6O/c1-15-20(12-25-28-15)17-3-4-21-18(10-17)11-23(26-21)27-22-9-16(5-7-24-22)13-29-8-6-19(14-29)30-2/h3-5,7,9-10,12,19H,6,8,11,13-14H2,1-2H3,(H,25,28)(H,24,26,27). The molecule has 0 spiro atoms. The Bertz CT molecular complexity index is 1090. The number of aromatic nitrogens is 3. The summed E-state index contributed by atoms with van der Waals surface area (Å²) in [5.41, 5.74) is 6.85. The van der Waals surface area contributed by atoms with E-state index in [1.807, 2.05) is 19.3 Å². The summed E-state index contributed by atoms with van der Waals surface area (Å²) in [6.07, 6.45) is 5.96. The molecule has 0 amide bonds. The number of methoxy groups -OCH3 is 1. The largest absolute Gasteiger partial charge is 0.380 e. The first-order chi connectivity index (χ1) is 14.7. The number of aromatic amines is 1. The zero-order valence-corrected chi connectivity index (χ0v) is 17.4. The fraction of sp³-hybridized carbons (Fsp3) is 0.348. The van der Waals surface area contributed by atoms with E-state index >= 15 is 0 Å². The van der Waals surface area contributed by atoms with Gasteiger partial charge in [0, 0.05) is 50.6 Å². The Morgan fingerprint density at radius 3 is 3.00 bits per heavy atom. The van der Waals surface area contributed by atoms with E-state index in [-0.39, 0.29) is 0 Å². The molecule has 1 fully saturated rings. The molecule has 1 unspecified atom stereocenters. The van der Waals surface area contributed by atoms with Gasteiger partial charge in [-0.1, -0.05) is 6.07 Å². The maximum Gasteiger partial charge on any atom is 0.131 e. The number of aliphatic imine (C=N–C) groups is 1. The number of hydrogen-bond acceptors (Lipinski definition) is 6. The molecule has 1 atom stereocenters. The van der Waals surface area contributed by atoms with E-state index in [2.05, 4.69) is 55.7 Å². The Hall–Kier alpha value is -3.03. The molecule has 2 aliphatic heterocycles. The van der Waals surface area contributed by atoms with Gasteiger partial charge in [0.2, 0.25) is 0 Å². The van der Waals surface area contributed by atoms with Crippen LogP contribution in [0.4, 0.5) is 11.5 Å². The zero-order valence-electron chi connectivity index (χ0n) is 17.4. The van der Waals surface area contributed by atoms with Crippen LogP contribution in [0.2, 0.25) is 0 Å². The molecule has 7 heteroatoms. The third-order valence-electron chi connectivity index (χ3n) is 5.90. The van der Waals surface area contributed by atoms with E-state index in [1.165, 1.54) is 11.1 Å². The van der Waals surface area contributed by atoms with E-state index in [0.29, 0.717) is 6.10 Å². The first kappa shape index (κ1) is 19.0. The number of nitrogens with one attached hydrogen (secondary N) is 2. The van der Waals surface area contributed by atoms with Crippen LogP contribution in [0.5, 0.6) is 0 Å². The van der Waals surface area contributed by atoms with Gasteiger partial charge in [-0.3, -0.25) is 10.00 Å². The SMILES string of the molecule is COC1CCN(Cc2ccnc(NC3=Nc4ccc(-c5cn[nH]c5C)cc4C3)c2)C1. The van der Waals surface area contributed by atoms with Crippen LogP contribution in [0.25, 0.3) is 11.1 Å². The number of aryl methyl sites for hydroxylation is 1. The highest BCUT2D eigenvalue weighted by molar-refractivity contribution is 6.01. The van der Waals surface area contributed by atoms with Crippen LogP contribution in [-0.4, -0.2) is 52.2 Å². The molecule has 5 rings (SSSR count). The van der Waals surface area contributed by atoms with Gasteiger partial charge in [-0.05, 0) is 54.3 Å². The van der Waals surface area contributed by atoms with Crippen molar-refractivity contribution in [3.8, 4) is 11.1 Å². The summed E-state index contributed by atoms with van der Waals surface area (Å²) in [7, 11) is 1.79. The Morgan fingerprint density at radius 2 is 2.20 bits per heavy atom. The minimum absolute atomic E-state index is 0.353. The van der Waals surface area contributed by atoms with Gasteiger partial charge < -0.3 is 10.1 Å². The van der Waals surface area contributed by atoms with E-state index in [9.17, 15) is 0 Å². The molecule has 1 saturated heterocycles. The number of benzene rings is 1. The maximum absolute atomic E-state index is 5.47. The minimum atomic E-state index is 0.353. The average Bonchev–Trinajstić information content (AvgIpc) is 3.47. The maximum atomic E-state index is 5.47. The van der Waals surface area contributed by atoms with Crippen molar-refractivity contribution >= 4 is 17.3 Å². The van der Waals surface area contributed by atoms with Gasteiger partial charge in [0.25, 0.3) is 0 Å². The third kappa shape index (κ3) is 3.86. The van der Waals surface area contributed by atoms with Gasteiger partial charge in [0.15, 0.2) is 0 Å². The number of ether oxygens (including phenoxy) is 1. The lowest BCUT2D eigenvalue weighted by Gasteiger charge is -2.16. The summed E-state index contributed by atoms with van der Waals surface area (Å²) < 4.78 is 5.47. The van der Waals surface area contributed by atoms with Crippen LogP contribution in [0.15, 0.2) is 47.7 Å². The molecular weight excluding hydrogens is 376 g/mol. The van der Waals surface area contributed by atoms with E-state index in [1.54, 1.807) is 7.11 Å². The van der Waals surface area contributed by atoms with E-state index in [4.69, 9.17) is 9.73 Å². The Morgan fingerprint density at radius 1 is 1.27 bits per heavy atom. The van der Waals surface area contributed by atoms with E-state index in [0.717, 1.165) is 66.6 Å². The van der Waals surface area contributed by atoms with Gasteiger partial charge in [-0.25, -0.2) is 9.98 Å². The fourth-order valence-corrected chi connectivity index (χ4v) is 4.26. The second-order valence-electron chi connectivity index (χ2n) is 8.04. The Labute approximate surface area is 176 Å². The molecule has 4 heterocycles. The number of fused-ring (bicyclic) bond motifs is 1. The van der Waals surface area contributed by atoms with Gasteiger partial charge in [0.1, 0.15) is 11.7 Å². The Kier molecular flexibility index (Phi) is 5.06. The molecular formula is C23H26N6O. The van der Waals surface area contributed by atoms with Crippen LogP contribution in [0.1, 0.15) is 23.2 Å². The fourth-order valence-electron chi connectivity index (χ4n) is 4.26. The van der Waals surface area contributed by atoms with Crippen LogP contribution in [0.3, 0.4) is 0 Å². The summed E-state index contributed by atoms with van der Waals surface area (Å²) in [5, 5.41) is 10.6. The van der Waals surface area contributed by atoms with Gasteiger partial charge in [-0.15, -0.1) is 0 Å². The lowest BCUT2D eigenvalue weighted by atomic mass is 10.0. The lowest BCUT2D eigenvalue weighted by Crippen LogP contribution is -2.22. The van der Waals surface area contributed by atoms with E-state index < -0.39 is 0 Å². The minimum Gasteiger partial charge on any atom is -0.380 e. The van der Waals surface area contributed by atoms with Crippen molar-refractivity contribution in [3.05, 3.63) is 59.5 Å². The van der Waals surface area contributed by atoms with Crippen LogP contribution in [-0.2, 0) is 17.7 Å². The number of anilines is 1. The number of nitrogens with zero attached hydrogens (tertiary/aromatic N) is 4. The highest BCUT2D eigenvalue weighted by atomic mass is 16.5. The number of amidine groups is 1. The van der Waals surface area contributed by atoms with Crippen molar-refractivity contribution in [2.75, 3.05) is 25.5 Å². The predicted molar refractivity (Wildman–Crippen MR) is 118 cm³/mol. The van der Waals surface area contributed by atoms with Crippen LogP contribution < -0.4 is 5.32 Å². The topological polar surface area (TPSA) is 78.4 Å². The van der Waals surface area contributed by atoms with Crippen molar-refractivity contribution in [1.82, 2.24) is 20.1 Å². The molecule has 0 radical (unpaired) electrons. The van der Waals surface area contributed by atoms with Crippen molar-refractivity contribution in [3.63, 3.8) is 0 Å². The molecule has 1 aromatic carbocycles. The van der Waals surface area contributed by atoms with Crippen molar-refractivity contribution < 1.29 is 4.74 Å². The number of likely N-dealkylation sites (tertiary alicyclic amines) is 1. The number of H-pyrrole nitrogens is 1. The molecule has 3 aromatic rings. The molecule has 7 nitrogen and oxygen atoms in total. The van der Waals surface area contributed by atoms with Gasteiger partial charge in [-0.2, -0.15) is 5.10 Å². The van der Waals surface area contributed by atoms with Crippen LogP contribution >= 0.6 is 0 Å². The summed E-state index contributed by atoms with van der Waals surface area (Å²) >= 11 is 0. The second-order valence-corrected chi connectivity index (χ2v) is 8.04. The molecule has 2 aliphatic rings. The molecule has 2 N–H and O–H groups in total. The van der Waals surface area contributed by atoms with Crippen molar-refractivity contribution in [2.24, 2.45) is 4.99 Å². The van der Waals surface area contributed by atoms with Crippen molar-refractivity contribution in [1.29, 1.82) is 0 Å². The normalized spacial score (nSPS) is 18.5. The predicted octanol–water partition coefficient (Wildman–Crippen LogP) is 3.70. The smallest absolute Gasteiger partial charge is 0.131 e. The monoisotopic (exact) mass is 402 g/mol. The number of pyridine rings is 1. The highest BCUT2D eigenvalue weighted by Crippen LogP contribution is 2.32. The Balaban J connectivity index is 1.26. The first-order valence-electron chi connectivity index (χ1n) is 10.4. The lowest BCUT2D eigenvalue weighted by molar-refractivity contribution is 0.107. The molecule has 154 valence electrons. The molecule has 0 aliphatic carbocycles. The molecule has 2 aromatic heterocycles. The second kappa shape index (κ2) is 8.01. The highest BCUT2D eigenvalue weighted by Gasteiger charge is 2.22. The zero-order chi connectivity index (χ0) is 20.5. The first-order valence-corrected chi connectivity index (χ1v) is 10.4. The molecule has 0 saturated carbocycles. The van der Waals surface area contributed by atoms with Gasteiger partial charge >= 0.3 is 0 Å². The molecule has 0 bridgehead atoms. The summed E-state index contributed by atoms with van der Waals surface area (Å²) in [5.74, 6) is 1.77. The van der Waals surface area contributed by atoms with Crippen molar-refractivity contribution in [2.45, 2.75) is 32.4 Å². The van der Waals surface area contributed by atoms with Gasteiger partial charge in [0.05, 0.1) is 18.0 Å². The molecule has 30 heavy (non-hydrogen) atoms.